The van der Waals surface area contributed by atoms with Gasteiger partial charge in [-0.1, -0.05) is 23.7 Å². The predicted molar refractivity (Wildman–Crippen MR) is 99.1 cm³/mol. The zero-order valence-electron chi connectivity index (χ0n) is 15.9. The number of halogens is 10. The Labute approximate surface area is 186 Å². The van der Waals surface area contributed by atoms with Crippen molar-refractivity contribution in [2.24, 2.45) is 0 Å². The first kappa shape index (κ1) is 23.7. The Kier molecular flexibility index (Phi) is 5.27. The number of aromatic nitrogens is 4. The van der Waals surface area contributed by atoms with E-state index in [9.17, 15) is 44.3 Å². The zero-order chi connectivity index (χ0) is 25.2. The maximum absolute atomic E-state index is 13.8. The lowest BCUT2D eigenvalue weighted by atomic mass is 10.1. The predicted octanol–water partition coefficient (Wildman–Crippen LogP) is 6.38. The molecule has 0 aliphatic heterocycles. The Morgan fingerprint density at radius 1 is 0.912 bits per heavy atom. The van der Waals surface area contributed by atoms with Crippen LogP contribution in [0.2, 0.25) is 5.02 Å². The Morgan fingerprint density at radius 3 is 2.06 bits per heavy atom. The van der Waals surface area contributed by atoms with E-state index in [1.165, 1.54) is 24.3 Å². The van der Waals surface area contributed by atoms with Crippen LogP contribution in [0, 0.1) is 0 Å². The summed E-state index contributed by atoms with van der Waals surface area (Å²) in [5.41, 5.74) is -7.84. The van der Waals surface area contributed by atoms with E-state index in [0.717, 1.165) is 0 Å². The first-order valence-corrected chi connectivity index (χ1v) is 9.21. The van der Waals surface area contributed by atoms with Gasteiger partial charge >= 0.3 is 18.5 Å². The van der Waals surface area contributed by atoms with Gasteiger partial charge in [0.25, 0.3) is 5.78 Å². The molecule has 0 saturated heterocycles. The molecule has 0 unspecified atom stereocenters. The average molecular weight is 513 g/mol. The second-order valence-electron chi connectivity index (χ2n) is 6.84. The normalized spacial score (nSPS) is 13.1. The molecule has 0 bridgehead atoms. The summed E-state index contributed by atoms with van der Waals surface area (Å²) < 4.78 is 121. The van der Waals surface area contributed by atoms with Crippen LogP contribution in [0.25, 0.3) is 27.9 Å². The van der Waals surface area contributed by atoms with E-state index in [0.29, 0.717) is 6.07 Å². The molecule has 4 rings (SSSR count). The van der Waals surface area contributed by atoms with Gasteiger partial charge in [0, 0.05) is 16.8 Å². The molecule has 0 aliphatic rings. The fourth-order valence-corrected chi connectivity index (χ4v) is 3.36. The van der Waals surface area contributed by atoms with Gasteiger partial charge < -0.3 is 0 Å². The molecule has 34 heavy (non-hydrogen) atoms. The number of fused-ring (bicyclic) bond motifs is 3. The van der Waals surface area contributed by atoms with E-state index in [4.69, 9.17) is 11.6 Å². The van der Waals surface area contributed by atoms with E-state index >= 15 is 0 Å². The molecule has 0 saturated carbocycles. The van der Waals surface area contributed by atoms with Gasteiger partial charge in [-0.2, -0.15) is 39.5 Å². The summed E-state index contributed by atoms with van der Waals surface area (Å²) in [5, 5.41) is 2.62. The van der Waals surface area contributed by atoms with Crippen molar-refractivity contribution in [1.29, 1.82) is 0 Å². The molecule has 0 N–H and O–H groups in total. The summed E-state index contributed by atoms with van der Waals surface area (Å²) in [6.45, 7) is 0. The molecule has 3 aromatic heterocycles. The number of carbonyl (C=O) groups is 1. The van der Waals surface area contributed by atoms with Crippen LogP contribution in [-0.2, 0) is 12.4 Å². The number of ketones is 1. The lowest BCUT2D eigenvalue weighted by Crippen LogP contribution is -2.28. The molecule has 178 valence electrons. The number of Topliss-reactive ketones (excluding diaryl/α,β-unsaturated/α-hetero) is 1. The van der Waals surface area contributed by atoms with Crippen molar-refractivity contribution in [2.45, 2.75) is 18.5 Å². The molecule has 5 nitrogen and oxygen atoms in total. The Morgan fingerprint density at radius 2 is 1.53 bits per heavy atom. The third-order valence-electron chi connectivity index (χ3n) is 4.62. The summed E-state index contributed by atoms with van der Waals surface area (Å²) in [5.74, 6) is -2.89. The molecule has 0 radical (unpaired) electrons. The van der Waals surface area contributed by atoms with E-state index in [2.05, 4.69) is 15.1 Å². The molecule has 0 fully saturated rings. The molecule has 0 atom stereocenters. The highest BCUT2D eigenvalue weighted by molar-refractivity contribution is 6.30. The summed E-state index contributed by atoms with van der Waals surface area (Å²) in [6.07, 6.45) is -16.5. The molecule has 0 aliphatic carbocycles. The van der Waals surface area contributed by atoms with Gasteiger partial charge in [-0.15, -0.1) is 5.10 Å². The summed E-state index contributed by atoms with van der Waals surface area (Å²) in [7, 11) is 0. The first-order chi connectivity index (χ1) is 15.6. The molecule has 0 amide bonds. The lowest BCUT2D eigenvalue weighted by molar-refractivity contribution is -0.143. The zero-order valence-corrected chi connectivity index (χ0v) is 16.7. The van der Waals surface area contributed by atoms with Crippen LogP contribution in [0.5, 0.6) is 0 Å². The molecule has 1 aromatic carbocycles. The minimum Gasteiger partial charge on any atom is -0.284 e. The number of alkyl halides is 9. The first-order valence-electron chi connectivity index (χ1n) is 8.83. The highest BCUT2D eigenvalue weighted by Crippen LogP contribution is 2.41. The standard InChI is InChI=1S/C19H6ClF9N4O/c20-8-3-1-7(2-4-8)11-5-10(17(21,22)23)12-15(31-11)32-33-13(18(24,25)26)9(6-30-16(12)33)14(34)19(27,28)29/h1-6H. The highest BCUT2D eigenvalue weighted by atomic mass is 35.5. The fourth-order valence-electron chi connectivity index (χ4n) is 3.23. The largest absolute Gasteiger partial charge is 0.455 e. The maximum atomic E-state index is 13.8. The number of rotatable bonds is 2. The van der Waals surface area contributed by atoms with Crippen molar-refractivity contribution in [3.05, 3.63) is 58.4 Å². The van der Waals surface area contributed by atoms with Crippen LogP contribution in [0.15, 0.2) is 36.5 Å². The van der Waals surface area contributed by atoms with Crippen molar-refractivity contribution in [1.82, 2.24) is 19.6 Å². The topological polar surface area (TPSA) is 60.2 Å². The molecular weight excluding hydrogens is 507 g/mol. The number of benzene rings is 1. The molecule has 4 aromatic rings. The average Bonchev–Trinajstić information content (AvgIpc) is 3.08. The Bertz CT molecular complexity index is 1440. The van der Waals surface area contributed by atoms with Crippen LogP contribution in [-0.4, -0.2) is 31.5 Å². The van der Waals surface area contributed by atoms with Crippen LogP contribution in [0.1, 0.15) is 21.6 Å². The molecule has 0 spiro atoms. The Balaban J connectivity index is 2.13. The van der Waals surface area contributed by atoms with Crippen molar-refractivity contribution in [3.63, 3.8) is 0 Å². The molecular formula is C19H6ClF9N4O. The van der Waals surface area contributed by atoms with Crippen LogP contribution in [0.3, 0.4) is 0 Å². The fraction of sp³-hybridized carbons (Fsp3) is 0.158. The van der Waals surface area contributed by atoms with Crippen molar-refractivity contribution < 1.29 is 44.3 Å². The van der Waals surface area contributed by atoms with Crippen molar-refractivity contribution >= 4 is 34.1 Å². The Hall–Kier alpha value is -3.42. The smallest absolute Gasteiger partial charge is 0.284 e. The summed E-state index contributed by atoms with van der Waals surface area (Å²) in [4.78, 5) is 18.7. The van der Waals surface area contributed by atoms with Gasteiger partial charge in [-0.05, 0) is 18.2 Å². The second-order valence-corrected chi connectivity index (χ2v) is 7.28. The molecule has 15 heteroatoms. The van der Waals surface area contributed by atoms with Crippen LogP contribution < -0.4 is 0 Å². The summed E-state index contributed by atoms with van der Waals surface area (Å²) in [6, 6.07) is 5.80. The van der Waals surface area contributed by atoms with Gasteiger partial charge in [0.2, 0.25) is 0 Å². The quantitative estimate of drug-likeness (QED) is 0.231. The van der Waals surface area contributed by atoms with Crippen molar-refractivity contribution in [2.75, 3.05) is 0 Å². The van der Waals surface area contributed by atoms with E-state index in [1.807, 2.05) is 0 Å². The molecule has 3 heterocycles. The van der Waals surface area contributed by atoms with Gasteiger partial charge in [0.15, 0.2) is 17.0 Å². The third kappa shape index (κ3) is 4.02. The van der Waals surface area contributed by atoms with Gasteiger partial charge in [0.05, 0.1) is 22.2 Å². The van der Waals surface area contributed by atoms with Crippen LogP contribution >= 0.6 is 11.6 Å². The lowest BCUT2D eigenvalue weighted by Gasteiger charge is -2.14. The van der Waals surface area contributed by atoms with Crippen LogP contribution in [0.4, 0.5) is 39.5 Å². The summed E-state index contributed by atoms with van der Waals surface area (Å²) >= 11 is 5.75. The monoisotopic (exact) mass is 512 g/mol. The van der Waals surface area contributed by atoms with Crippen molar-refractivity contribution in [3.8, 4) is 11.3 Å². The number of nitrogens with zero attached hydrogens (tertiary/aromatic N) is 4. The third-order valence-corrected chi connectivity index (χ3v) is 4.87. The number of pyridine rings is 1. The minimum absolute atomic E-state index is 0.0810. The van der Waals surface area contributed by atoms with Gasteiger partial charge in [-0.25, -0.2) is 14.5 Å². The van der Waals surface area contributed by atoms with Gasteiger partial charge in [0.1, 0.15) is 0 Å². The number of hydrogen-bond acceptors (Lipinski definition) is 4. The number of carbonyl (C=O) groups excluding carboxylic acids is 1. The number of hydrogen-bond donors (Lipinski definition) is 0. The van der Waals surface area contributed by atoms with Gasteiger partial charge in [-0.3, -0.25) is 4.79 Å². The van der Waals surface area contributed by atoms with E-state index in [1.54, 1.807) is 0 Å². The SMILES string of the molecule is O=C(c1cnc2c3c(C(F)(F)F)cc(-c4ccc(Cl)cc4)nc3nn2c1C(F)(F)F)C(F)(F)F. The maximum Gasteiger partial charge on any atom is 0.455 e. The van der Waals surface area contributed by atoms with E-state index < -0.39 is 57.8 Å². The second kappa shape index (κ2) is 7.55. The minimum atomic E-state index is -5.71. The highest BCUT2D eigenvalue weighted by Gasteiger charge is 2.47. The van der Waals surface area contributed by atoms with E-state index in [-0.39, 0.29) is 27.0 Å².